The maximum absolute atomic E-state index is 13.7. The summed E-state index contributed by atoms with van der Waals surface area (Å²) in [5.41, 5.74) is -0.0197. The monoisotopic (exact) mass is 454 g/mol. The lowest BCUT2D eigenvalue weighted by Gasteiger charge is -2.29. The van der Waals surface area contributed by atoms with E-state index >= 15 is 0 Å². The normalized spacial score (nSPS) is 17.5. The van der Waals surface area contributed by atoms with Crippen LogP contribution < -0.4 is 10.6 Å². The summed E-state index contributed by atoms with van der Waals surface area (Å²) in [5.74, 6) is -1.39. The summed E-state index contributed by atoms with van der Waals surface area (Å²) in [6.07, 6.45) is 3.84. The molecule has 0 aliphatic heterocycles. The van der Waals surface area contributed by atoms with Crippen LogP contribution in [-0.2, 0) is 11.2 Å². The highest BCUT2D eigenvalue weighted by molar-refractivity contribution is 5.68. The van der Waals surface area contributed by atoms with Gasteiger partial charge in [0.25, 0.3) is 0 Å². The van der Waals surface area contributed by atoms with Crippen LogP contribution in [-0.4, -0.2) is 41.0 Å². The van der Waals surface area contributed by atoms with E-state index in [0.29, 0.717) is 5.56 Å². The molecule has 1 fully saturated rings. The number of amides is 1. The summed E-state index contributed by atoms with van der Waals surface area (Å²) < 4.78 is 32.6. The topological polar surface area (TPSA) is 70.6 Å². The molecule has 0 bridgehead atoms. The molecule has 0 aromatic heterocycles. The van der Waals surface area contributed by atoms with Gasteiger partial charge in [0.2, 0.25) is 0 Å². The minimum Gasteiger partial charge on any atom is -0.444 e. The number of hydrogen-bond donors (Lipinski definition) is 3. The molecule has 1 saturated carbocycles. The third kappa shape index (κ3) is 9.82. The van der Waals surface area contributed by atoms with Gasteiger partial charge < -0.3 is 20.5 Å². The van der Waals surface area contributed by atoms with E-state index in [4.69, 9.17) is 4.74 Å². The largest absolute Gasteiger partial charge is 0.444 e. The van der Waals surface area contributed by atoms with Gasteiger partial charge in [-0.25, -0.2) is 13.6 Å². The van der Waals surface area contributed by atoms with Gasteiger partial charge in [-0.1, -0.05) is 27.2 Å². The number of halogens is 2. The van der Waals surface area contributed by atoms with Gasteiger partial charge in [0, 0.05) is 18.2 Å². The maximum atomic E-state index is 13.7. The van der Waals surface area contributed by atoms with Gasteiger partial charge in [-0.2, -0.15) is 0 Å². The lowest BCUT2D eigenvalue weighted by molar-refractivity contribution is 0.0418. The Morgan fingerprint density at radius 2 is 1.72 bits per heavy atom. The Morgan fingerprint density at radius 3 is 2.22 bits per heavy atom. The molecule has 32 heavy (non-hydrogen) atoms. The van der Waals surface area contributed by atoms with Crippen LogP contribution in [0.25, 0.3) is 0 Å². The Kier molecular flexibility index (Phi) is 8.68. The zero-order valence-corrected chi connectivity index (χ0v) is 20.4. The summed E-state index contributed by atoms with van der Waals surface area (Å²) in [6, 6.07) is 2.46. The smallest absolute Gasteiger partial charge is 0.407 e. The molecule has 0 spiro atoms. The first kappa shape index (κ1) is 26.5. The second kappa shape index (κ2) is 10.5. The average Bonchev–Trinajstić information content (AvgIpc) is 3.35. The molecule has 0 saturated heterocycles. The highest BCUT2D eigenvalue weighted by Gasteiger charge is 2.42. The van der Waals surface area contributed by atoms with Crippen molar-refractivity contribution in [3.05, 3.63) is 35.4 Å². The van der Waals surface area contributed by atoms with Crippen LogP contribution in [0.4, 0.5) is 13.6 Å². The molecule has 0 radical (unpaired) electrons. The number of β-amino-alcohol motifs (C(OH)–C–C–N with tert-alkyl or cyclic N) is 1. The van der Waals surface area contributed by atoms with Crippen LogP contribution in [0, 0.1) is 17.0 Å². The van der Waals surface area contributed by atoms with Crippen LogP contribution in [0.15, 0.2) is 18.2 Å². The maximum Gasteiger partial charge on any atom is 0.407 e. The molecule has 1 aromatic carbocycles. The highest BCUT2D eigenvalue weighted by Crippen LogP contribution is 2.41. The third-order valence-electron chi connectivity index (χ3n) is 5.67. The van der Waals surface area contributed by atoms with Crippen molar-refractivity contribution in [3.8, 4) is 0 Å². The molecule has 3 N–H and O–H groups in total. The van der Waals surface area contributed by atoms with E-state index in [0.717, 1.165) is 38.2 Å². The van der Waals surface area contributed by atoms with Crippen molar-refractivity contribution < 1.29 is 23.4 Å². The Labute approximate surface area is 191 Å². The van der Waals surface area contributed by atoms with E-state index < -0.39 is 35.5 Å². The number of alkyl carbamates (subject to hydrolysis) is 1. The van der Waals surface area contributed by atoms with Gasteiger partial charge in [0.1, 0.15) is 17.2 Å². The first-order chi connectivity index (χ1) is 14.7. The van der Waals surface area contributed by atoms with Gasteiger partial charge >= 0.3 is 6.09 Å². The van der Waals surface area contributed by atoms with Crippen LogP contribution in [0.1, 0.15) is 79.2 Å². The predicted octanol–water partition coefficient (Wildman–Crippen LogP) is 5.10. The number of rotatable bonds is 10. The Bertz CT molecular complexity index is 747. The second-order valence-electron chi connectivity index (χ2n) is 11.4. The molecule has 7 heteroatoms. The summed E-state index contributed by atoms with van der Waals surface area (Å²) in [5, 5.41) is 17.0. The summed E-state index contributed by atoms with van der Waals surface area (Å²) in [4.78, 5) is 12.3. The highest BCUT2D eigenvalue weighted by atomic mass is 19.1. The quantitative estimate of drug-likeness (QED) is 0.460. The molecule has 1 aromatic rings. The lowest BCUT2D eigenvalue weighted by atomic mass is 9.88. The first-order valence-corrected chi connectivity index (χ1v) is 11.5. The van der Waals surface area contributed by atoms with Gasteiger partial charge in [-0.05, 0) is 76.0 Å². The molecule has 0 heterocycles. The van der Waals surface area contributed by atoms with E-state index in [1.54, 1.807) is 20.8 Å². The van der Waals surface area contributed by atoms with Gasteiger partial charge in [-0.15, -0.1) is 0 Å². The molecular formula is C25H40F2N2O3. The minimum absolute atomic E-state index is 0.0354. The van der Waals surface area contributed by atoms with Crippen molar-refractivity contribution in [1.29, 1.82) is 0 Å². The number of aliphatic hydroxyl groups is 1. The van der Waals surface area contributed by atoms with Crippen LogP contribution in [0.3, 0.4) is 0 Å². The van der Waals surface area contributed by atoms with E-state index in [9.17, 15) is 18.7 Å². The minimum atomic E-state index is -0.950. The fourth-order valence-corrected chi connectivity index (χ4v) is 3.81. The Morgan fingerprint density at radius 1 is 1.12 bits per heavy atom. The average molecular weight is 455 g/mol. The molecule has 2 atom stereocenters. The van der Waals surface area contributed by atoms with Crippen molar-refractivity contribution in [2.24, 2.45) is 5.41 Å². The molecule has 5 nitrogen and oxygen atoms in total. The standard InChI is InChI=1S/C25H40F2N2O3/c1-23(2,3)8-7-9-25(10-11-25)28-16-21(30)20(29-22(31)32-24(4,5)6)14-17-12-18(26)15-19(27)13-17/h12-13,15,20-21,28,30H,7-11,14,16H2,1-6H3,(H,29,31). The molecule has 2 rings (SSSR count). The van der Waals surface area contributed by atoms with Gasteiger partial charge in [-0.3, -0.25) is 0 Å². The molecular weight excluding hydrogens is 414 g/mol. The zero-order valence-electron chi connectivity index (χ0n) is 20.4. The first-order valence-electron chi connectivity index (χ1n) is 11.5. The van der Waals surface area contributed by atoms with Crippen molar-refractivity contribution >= 4 is 6.09 Å². The van der Waals surface area contributed by atoms with Crippen molar-refractivity contribution in [1.82, 2.24) is 10.6 Å². The molecule has 2 unspecified atom stereocenters. The predicted molar refractivity (Wildman–Crippen MR) is 123 cm³/mol. The van der Waals surface area contributed by atoms with E-state index in [2.05, 4.69) is 31.4 Å². The Balaban J connectivity index is 2.01. The molecule has 182 valence electrons. The van der Waals surface area contributed by atoms with E-state index in [1.165, 1.54) is 12.1 Å². The van der Waals surface area contributed by atoms with Crippen molar-refractivity contribution in [3.63, 3.8) is 0 Å². The van der Waals surface area contributed by atoms with Crippen LogP contribution >= 0.6 is 0 Å². The number of benzene rings is 1. The third-order valence-corrected chi connectivity index (χ3v) is 5.67. The number of carbonyl (C=O) groups excluding carboxylic acids is 1. The summed E-state index contributed by atoms with van der Waals surface area (Å²) in [6.45, 7) is 12.2. The second-order valence-corrected chi connectivity index (χ2v) is 11.4. The summed E-state index contributed by atoms with van der Waals surface area (Å²) >= 11 is 0. The molecule has 1 aliphatic carbocycles. The van der Waals surface area contributed by atoms with E-state index in [1.807, 2.05) is 0 Å². The number of ether oxygens (including phenoxy) is 1. The van der Waals surface area contributed by atoms with Gasteiger partial charge in [0.15, 0.2) is 0 Å². The fourth-order valence-electron chi connectivity index (χ4n) is 3.81. The van der Waals surface area contributed by atoms with Crippen molar-refractivity contribution in [2.75, 3.05) is 6.54 Å². The number of aliphatic hydroxyl groups excluding tert-OH is 1. The summed E-state index contributed by atoms with van der Waals surface area (Å²) in [7, 11) is 0. The number of carbonyl (C=O) groups is 1. The van der Waals surface area contributed by atoms with Crippen LogP contribution in [0.2, 0.25) is 0 Å². The SMILES string of the molecule is CC(C)(C)CCCC1(NCC(O)C(Cc2cc(F)cc(F)c2)NC(=O)OC(C)(C)C)CC1. The lowest BCUT2D eigenvalue weighted by Crippen LogP contribution is -2.51. The molecule has 1 amide bonds. The van der Waals surface area contributed by atoms with Crippen molar-refractivity contribution in [2.45, 2.75) is 103 Å². The zero-order chi connectivity index (χ0) is 24.2. The number of nitrogens with one attached hydrogen (secondary N) is 2. The number of hydrogen-bond acceptors (Lipinski definition) is 4. The Hall–Kier alpha value is -1.73. The van der Waals surface area contributed by atoms with Gasteiger partial charge in [0.05, 0.1) is 12.1 Å². The van der Waals surface area contributed by atoms with E-state index in [-0.39, 0.29) is 23.9 Å². The van der Waals surface area contributed by atoms with Crippen LogP contribution in [0.5, 0.6) is 0 Å². The fraction of sp³-hybridized carbons (Fsp3) is 0.720. The molecule has 1 aliphatic rings.